The van der Waals surface area contributed by atoms with E-state index in [0.717, 1.165) is 12.8 Å². The fraction of sp³-hybridized carbons (Fsp3) is 0.300. The Morgan fingerprint density at radius 3 is 2.46 bits per heavy atom. The number of hydrogen-bond acceptors (Lipinski definition) is 3. The zero-order valence-electron chi connectivity index (χ0n) is 15.3. The average molecular weight is 355 g/mol. The van der Waals surface area contributed by atoms with Crippen molar-refractivity contribution in [1.29, 1.82) is 0 Å². The molecule has 2 aromatic rings. The lowest BCUT2D eigenvalue weighted by Gasteiger charge is -2.16. The van der Waals surface area contributed by atoms with Crippen LogP contribution in [0.3, 0.4) is 0 Å². The van der Waals surface area contributed by atoms with Crippen LogP contribution in [0.15, 0.2) is 48.5 Å². The molecule has 6 heteroatoms. The first-order chi connectivity index (χ1) is 12.5. The Balaban J connectivity index is 1.92. The molecule has 0 bridgehead atoms. The van der Waals surface area contributed by atoms with Crippen LogP contribution in [0.2, 0.25) is 0 Å². The van der Waals surface area contributed by atoms with Gasteiger partial charge in [0.15, 0.2) is 0 Å². The molecule has 3 N–H and O–H groups in total. The molecule has 6 nitrogen and oxygen atoms in total. The van der Waals surface area contributed by atoms with Crippen molar-refractivity contribution < 1.29 is 14.3 Å². The molecule has 2 aromatic carbocycles. The van der Waals surface area contributed by atoms with Crippen molar-refractivity contribution in [3.05, 3.63) is 54.1 Å². The summed E-state index contributed by atoms with van der Waals surface area (Å²) in [6, 6.07) is 14.9. The summed E-state index contributed by atoms with van der Waals surface area (Å²) in [5.41, 5.74) is 2.32. The standard InChI is InChI=1S/C20H25N3O3/c1-14(9-10-16-7-5-4-6-8-16)21-20(25)23-18-13-17(22-15(2)24)11-12-19(18)26-3/h4-8,11-14H,9-10H2,1-3H3,(H,22,24)(H2,21,23,25). The number of urea groups is 1. The zero-order valence-corrected chi connectivity index (χ0v) is 15.3. The minimum Gasteiger partial charge on any atom is -0.495 e. The van der Waals surface area contributed by atoms with E-state index >= 15 is 0 Å². The molecule has 0 aromatic heterocycles. The number of ether oxygens (including phenoxy) is 1. The quantitative estimate of drug-likeness (QED) is 0.707. The van der Waals surface area contributed by atoms with Crippen molar-refractivity contribution in [3.8, 4) is 5.75 Å². The molecule has 0 aliphatic heterocycles. The molecular weight excluding hydrogens is 330 g/mol. The Hall–Kier alpha value is -3.02. The molecule has 2 rings (SSSR count). The van der Waals surface area contributed by atoms with Crippen molar-refractivity contribution in [3.63, 3.8) is 0 Å². The smallest absolute Gasteiger partial charge is 0.319 e. The van der Waals surface area contributed by atoms with Crippen LogP contribution in [0.25, 0.3) is 0 Å². The van der Waals surface area contributed by atoms with Crippen LogP contribution >= 0.6 is 0 Å². The molecule has 0 saturated heterocycles. The number of hydrogen-bond donors (Lipinski definition) is 3. The summed E-state index contributed by atoms with van der Waals surface area (Å²) >= 11 is 0. The lowest BCUT2D eigenvalue weighted by atomic mass is 10.1. The number of anilines is 2. The maximum atomic E-state index is 12.3. The fourth-order valence-corrected chi connectivity index (χ4v) is 2.57. The van der Waals surface area contributed by atoms with Gasteiger partial charge in [0.05, 0.1) is 12.8 Å². The van der Waals surface area contributed by atoms with Gasteiger partial charge in [-0.05, 0) is 43.5 Å². The van der Waals surface area contributed by atoms with Gasteiger partial charge in [0, 0.05) is 18.7 Å². The maximum absolute atomic E-state index is 12.3. The highest BCUT2D eigenvalue weighted by Gasteiger charge is 2.11. The molecule has 0 aliphatic rings. The zero-order chi connectivity index (χ0) is 18.9. The largest absolute Gasteiger partial charge is 0.495 e. The normalized spacial score (nSPS) is 11.3. The van der Waals surface area contributed by atoms with Gasteiger partial charge in [-0.3, -0.25) is 4.79 Å². The van der Waals surface area contributed by atoms with Crippen molar-refractivity contribution in [1.82, 2.24) is 5.32 Å². The van der Waals surface area contributed by atoms with E-state index < -0.39 is 0 Å². The molecule has 0 fully saturated rings. The second kappa shape index (κ2) is 9.46. The highest BCUT2D eigenvalue weighted by molar-refractivity contribution is 5.94. The number of amides is 3. The van der Waals surface area contributed by atoms with Crippen LogP contribution in [-0.2, 0) is 11.2 Å². The van der Waals surface area contributed by atoms with E-state index in [9.17, 15) is 9.59 Å². The van der Waals surface area contributed by atoms with Gasteiger partial charge >= 0.3 is 6.03 Å². The fourth-order valence-electron chi connectivity index (χ4n) is 2.57. The molecule has 3 amide bonds. The Bertz CT molecular complexity index is 747. The van der Waals surface area contributed by atoms with Gasteiger partial charge in [-0.15, -0.1) is 0 Å². The molecule has 0 saturated carbocycles. The molecule has 0 spiro atoms. The molecule has 138 valence electrons. The first-order valence-corrected chi connectivity index (χ1v) is 8.55. The van der Waals surface area contributed by atoms with Crippen LogP contribution < -0.4 is 20.7 Å². The van der Waals surface area contributed by atoms with Gasteiger partial charge in [-0.25, -0.2) is 4.79 Å². The average Bonchev–Trinajstić information content (AvgIpc) is 2.60. The number of methoxy groups -OCH3 is 1. The van der Waals surface area contributed by atoms with E-state index in [1.807, 2.05) is 25.1 Å². The Labute approximate surface area is 153 Å². The van der Waals surface area contributed by atoms with E-state index in [1.54, 1.807) is 18.2 Å². The monoisotopic (exact) mass is 355 g/mol. The summed E-state index contributed by atoms with van der Waals surface area (Å²) in [7, 11) is 1.53. The number of aryl methyl sites for hydroxylation is 1. The predicted octanol–water partition coefficient (Wildman–Crippen LogP) is 3.80. The molecule has 1 atom stereocenters. The van der Waals surface area contributed by atoms with Crippen LogP contribution in [0.1, 0.15) is 25.8 Å². The van der Waals surface area contributed by atoms with Crippen molar-refractivity contribution >= 4 is 23.3 Å². The van der Waals surface area contributed by atoms with Gasteiger partial charge < -0.3 is 20.7 Å². The molecule has 0 aliphatic carbocycles. The minimum absolute atomic E-state index is 0.0136. The van der Waals surface area contributed by atoms with E-state index in [1.165, 1.54) is 19.6 Å². The van der Waals surface area contributed by atoms with Crippen LogP contribution in [0, 0.1) is 0 Å². The summed E-state index contributed by atoms with van der Waals surface area (Å²) in [4.78, 5) is 23.5. The van der Waals surface area contributed by atoms with Gasteiger partial charge in [0.1, 0.15) is 5.75 Å². The highest BCUT2D eigenvalue weighted by atomic mass is 16.5. The van der Waals surface area contributed by atoms with Gasteiger partial charge in [-0.1, -0.05) is 30.3 Å². The second-order valence-electron chi connectivity index (χ2n) is 6.12. The predicted molar refractivity (Wildman–Crippen MR) is 104 cm³/mol. The summed E-state index contributed by atoms with van der Waals surface area (Å²) in [6.07, 6.45) is 1.73. The van der Waals surface area contributed by atoms with Gasteiger partial charge in [0.25, 0.3) is 0 Å². The topological polar surface area (TPSA) is 79.5 Å². The third kappa shape index (κ3) is 6.12. The van der Waals surface area contributed by atoms with Crippen LogP contribution in [0.4, 0.5) is 16.2 Å². The lowest BCUT2D eigenvalue weighted by Crippen LogP contribution is -2.36. The first-order valence-electron chi connectivity index (χ1n) is 8.55. The summed E-state index contributed by atoms with van der Waals surface area (Å²) in [5, 5.41) is 8.38. The van der Waals surface area contributed by atoms with Crippen molar-refractivity contribution in [2.24, 2.45) is 0 Å². The lowest BCUT2D eigenvalue weighted by molar-refractivity contribution is -0.114. The van der Waals surface area contributed by atoms with Gasteiger partial charge in [0.2, 0.25) is 5.91 Å². The van der Waals surface area contributed by atoms with E-state index in [4.69, 9.17) is 4.74 Å². The molecule has 1 unspecified atom stereocenters. The van der Waals surface area contributed by atoms with Crippen LogP contribution in [0.5, 0.6) is 5.75 Å². The minimum atomic E-state index is -0.316. The first kappa shape index (κ1) is 19.3. The molecular formula is C20H25N3O3. The SMILES string of the molecule is COc1ccc(NC(C)=O)cc1NC(=O)NC(C)CCc1ccccc1. The van der Waals surface area contributed by atoms with E-state index in [0.29, 0.717) is 17.1 Å². The highest BCUT2D eigenvalue weighted by Crippen LogP contribution is 2.27. The third-order valence-electron chi connectivity index (χ3n) is 3.85. The summed E-state index contributed by atoms with van der Waals surface area (Å²) in [5.74, 6) is 0.339. The number of carbonyl (C=O) groups excluding carboxylic acids is 2. The summed E-state index contributed by atoms with van der Waals surface area (Å²) in [6.45, 7) is 3.39. The van der Waals surface area contributed by atoms with Crippen molar-refractivity contribution in [2.75, 3.05) is 17.7 Å². The number of benzene rings is 2. The Morgan fingerprint density at radius 2 is 1.81 bits per heavy atom. The number of carbonyl (C=O) groups is 2. The second-order valence-corrected chi connectivity index (χ2v) is 6.12. The molecule has 0 radical (unpaired) electrons. The van der Waals surface area contributed by atoms with Gasteiger partial charge in [-0.2, -0.15) is 0 Å². The third-order valence-corrected chi connectivity index (χ3v) is 3.85. The number of nitrogens with one attached hydrogen (secondary N) is 3. The molecule has 26 heavy (non-hydrogen) atoms. The van der Waals surface area contributed by atoms with Crippen molar-refractivity contribution in [2.45, 2.75) is 32.7 Å². The van der Waals surface area contributed by atoms with E-state index in [-0.39, 0.29) is 18.0 Å². The summed E-state index contributed by atoms with van der Waals surface area (Å²) < 4.78 is 5.26. The Morgan fingerprint density at radius 1 is 1.08 bits per heavy atom. The van der Waals surface area contributed by atoms with Crippen LogP contribution in [-0.4, -0.2) is 25.1 Å². The number of rotatable bonds is 7. The Kier molecular flexibility index (Phi) is 7.02. The maximum Gasteiger partial charge on any atom is 0.319 e. The molecule has 0 heterocycles. The van der Waals surface area contributed by atoms with E-state index in [2.05, 4.69) is 28.1 Å².